The Kier molecular flexibility index (Phi) is 2.70. The third kappa shape index (κ3) is 1.83. The molecule has 1 heteroatoms. The molecule has 2 aromatic rings. The van der Waals surface area contributed by atoms with Gasteiger partial charge in [-0.1, -0.05) is 54.1 Å². The lowest BCUT2D eigenvalue weighted by Gasteiger charge is -2.41. The van der Waals surface area contributed by atoms with Crippen LogP contribution in [0.4, 0.5) is 0 Å². The molecular weight excluding hydrogens is 280 g/mol. The lowest BCUT2D eigenvalue weighted by Crippen LogP contribution is -2.37. The molecule has 3 aliphatic rings. The van der Waals surface area contributed by atoms with Gasteiger partial charge in [0.05, 0.1) is 0 Å². The highest BCUT2D eigenvalue weighted by Gasteiger charge is 2.51. The number of carbonyl (C=O) groups is 1. The van der Waals surface area contributed by atoms with Gasteiger partial charge in [-0.15, -0.1) is 0 Å². The summed E-state index contributed by atoms with van der Waals surface area (Å²) >= 11 is 0. The van der Waals surface area contributed by atoms with Crippen LogP contribution in [0.25, 0.3) is 11.1 Å². The van der Waals surface area contributed by atoms with Crippen molar-refractivity contribution < 1.29 is 4.79 Å². The van der Waals surface area contributed by atoms with Gasteiger partial charge in [0, 0.05) is 17.4 Å². The summed E-state index contributed by atoms with van der Waals surface area (Å²) in [5.41, 5.74) is 6.56. The van der Waals surface area contributed by atoms with Crippen molar-refractivity contribution in [2.75, 3.05) is 0 Å². The second kappa shape index (κ2) is 4.67. The average Bonchev–Trinajstić information content (AvgIpc) is 3.21. The number of Topliss-reactive ketones (excluding diaryl/α,β-unsaturated/α-hetero) is 1. The molecule has 0 saturated heterocycles. The number of ketones is 1. The average molecular weight is 300 g/mol. The lowest BCUT2D eigenvalue weighted by molar-refractivity contribution is 0.0939. The number of hydrogen-bond acceptors (Lipinski definition) is 1. The lowest BCUT2D eigenvalue weighted by atomic mass is 9.62. The van der Waals surface area contributed by atoms with Crippen LogP contribution in [-0.4, -0.2) is 5.78 Å². The van der Waals surface area contributed by atoms with Crippen LogP contribution in [-0.2, 0) is 5.41 Å². The summed E-state index contributed by atoms with van der Waals surface area (Å²) in [6.45, 7) is 0. The van der Waals surface area contributed by atoms with Crippen LogP contribution < -0.4 is 0 Å². The molecule has 2 atom stereocenters. The van der Waals surface area contributed by atoms with Gasteiger partial charge in [0.2, 0.25) is 0 Å². The summed E-state index contributed by atoms with van der Waals surface area (Å²) in [5.74, 6) is 1.06. The number of benzene rings is 2. The first-order valence-electron chi connectivity index (χ1n) is 8.67. The van der Waals surface area contributed by atoms with Gasteiger partial charge in [0.25, 0.3) is 0 Å². The molecule has 0 aliphatic heterocycles. The van der Waals surface area contributed by atoms with Gasteiger partial charge in [0.15, 0.2) is 5.78 Å². The van der Waals surface area contributed by atoms with Crippen molar-refractivity contribution in [2.24, 2.45) is 5.92 Å². The first kappa shape index (κ1) is 13.3. The van der Waals surface area contributed by atoms with Crippen LogP contribution in [0.3, 0.4) is 0 Å². The molecular formula is C22H20O. The Hall–Kier alpha value is -2.15. The zero-order chi connectivity index (χ0) is 15.4. The third-order valence-electron chi connectivity index (χ3n) is 6.29. The minimum absolute atomic E-state index is 0.253. The van der Waals surface area contributed by atoms with Crippen LogP contribution in [0.2, 0.25) is 0 Å². The molecule has 0 N–H and O–H groups in total. The maximum atomic E-state index is 12.6. The molecule has 3 aliphatic carbocycles. The second-order valence-corrected chi connectivity index (χ2v) is 7.38. The fourth-order valence-electron chi connectivity index (χ4n) is 5.14. The fraction of sp³-hybridized carbons (Fsp3) is 0.318. The van der Waals surface area contributed by atoms with Crippen LogP contribution in [0.1, 0.15) is 48.0 Å². The van der Waals surface area contributed by atoms with Crippen molar-refractivity contribution >= 4 is 5.78 Å². The monoisotopic (exact) mass is 300 g/mol. The van der Waals surface area contributed by atoms with Crippen molar-refractivity contribution in [3.63, 3.8) is 0 Å². The summed E-state index contributed by atoms with van der Waals surface area (Å²) in [5, 5.41) is 0. The van der Waals surface area contributed by atoms with Gasteiger partial charge in [-0.05, 0) is 54.4 Å². The molecule has 0 aromatic heterocycles. The van der Waals surface area contributed by atoms with E-state index in [1.165, 1.54) is 30.4 Å². The van der Waals surface area contributed by atoms with Gasteiger partial charge in [-0.3, -0.25) is 4.79 Å². The Balaban J connectivity index is 1.66. The van der Waals surface area contributed by atoms with E-state index in [9.17, 15) is 4.79 Å². The number of rotatable bonds is 1. The van der Waals surface area contributed by atoms with Crippen LogP contribution in [0.15, 0.2) is 60.2 Å². The topological polar surface area (TPSA) is 17.1 Å². The van der Waals surface area contributed by atoms with Gasteiger partial charge in [-0.2, -0.15) is 0 Å². The molecule has 23 heavy (non-hydrogen) atoms. The highest BCUT2D eigenvalue weighted by molar-refractivity contribution is 6.00. The minimum atomic E-state index is 0.253. The smallest absolute Gasteiger partial charge is 0.163 e. The number of hydrogen-bond donors (Lipinski definition) is 0. The number of fused-ring (bicyclic) bond motifs is 5. The van der Waals surface area contributed by atoms with Crippen molar-refractivity contribution in [2.45, 2.75) is 37.5 Å². The maximum Gasteiger partial charge on any atom is 0.163 e. The summed E-state index contributed by atoms with van der Waals surface area (Å²) in [4.78, 5) is 12.6. The van der Waals surface area contributed by atoms with E-state index in [0.29, 0.717) is 5.78 Å². The normalized spacial score (nSPS) is 28.1. The van der Waals surface area contributed by atoms with Crippen LogP contribution in [0.5, 0.6) is 0 Å². The van der Waals surface area contributed by atoms with E-state index in [4.69, 9.17) is 0 Å². The van der Waals surface area contributed by atoms with Crippen LogP contribution in [0, 0.1) is 5.92 Å². The second-order valence-electron chi connectivity index (χ2n) is 7.38. The molecule has 1 fully saturated rings. The molecule has 0 heterocycles. The molecule has 1 saturated carbocycles. The minimum Gasteiger partial charge on any atom is -0.294 e. The predicted octanol–water partition coefficient (Wildman–Crippen LogP) is 5.31. The Morgan fingerprint density at radius 2 is 1.87 bits per heavy atom. The molecule has 0 radical (unpaired) electrons. The Labute approximate surface area is 137 Å². The Morgan fingerprint density at radius 3 is 2.61 bits per heavy atom. The van der Waals surface area contributed by atoms with E-state index >= 15 is 0 Å². The fourth-order valence-corrected chi connectivity index (χ4v) is 5.14. The number of allylic oxidation sites excluding steroid dienone is 2. The summed E-state index contributed by atoms with van der Waals surface area (Å²) in [6.07, 6.45) is 7.85. The standard InChI is InChI=1S/C22H20O/c23-21-10-11-22(14-15-6-8-18(22)12-15)20-9-7-17(13-19(20)21)16-4-2-1-3-5-16/h1-7,9,13,18H,8,10-12,14H2. The zero-order valence-electron chi connectivity index (χ0n) is 13.2. The van der Waals surface area contributed by atoms with Crippen molar-refractivity contribution in [3.8, 4) is 11.1 Å². The molecule has 1 nitrogen and oxygen atoms in total. The Bertz CT molecular complexity index is 830. The summed E-state index contributed by atoms with van der Waals surface area (Å²) < 4.78 is 0. The van der Waals surface area contributed by atoms with Crippen LogP contribution >= 0.6 is 0 Å². The summed E-state index contributed by atoms with van der Waals surface area (Å²) in [6, 6.07) is 17.0. The molecule has 5 rings (SSSR count). The van der Waals surface area contributed by atoms with E-state index in [1.54, 1.807) is 5.57 Å². The number of carbonyl (C=O) groups excluding carboxylic acids is 1. The Morgan fingerprint density at radius 1 is 1.00 bits per heavy atom. The van der Waals surface area contributed by atoms with Gasteiger partial charge in [-0.25, -0.2) is 0 Å². The van der Waals surface area contributed by atoms with Crippen molar-refractivity contribution in [3.05, 3.63) is 71.3 Å². The van der Waals surface area contributed by atoms with Gasteiger partial charge >= 0.3 is 0 Å². The third-order valence-corrected chi connectivity index (χ3v) is 6.29. The molecule has 2 bridgehead atoms. The summed E-state index contributed by atoms with van der Waals surface area (Å²) in [7, 11) is 0. The zero-order valence-corrected chi connectivity index (χ0v) is 13.2. The molecule has 1 spiro atoms. The molecule has 0 amide bonds. The first-order chi connectivity index (χ1) is 11.3. The van der Waals surface area contributed by atoms with Crippen molar-refractivity contribution in [1.82, 2.24) is 0 Å². The quantitative estimate of drug-likeness (QED) is 0.652. The van der Waals surface area contributed by atoms with E-state index < -0.39 is 0 Å². The van der Waals surface area contributed by atoms with E-state index in [0.717, 1.165) is 29.9 Å². The predicted molar refractivity (Wildman–Crippen MR) is 92.5 cm³/mol. The first-order valence-corrected chi connectivity index (χ1v) is 8.67. The highest BCUT2D eigenvalue weighted by Crippen LogP contribution is 2.58. The highest BCUT2D eigenvalue weighted by atomic mass is 16.1. The molecule has 2 aromatic carbocycles. The van der Waals surface area contributed by atoms with E-state index in [1.807, 2.05) is 6.07 Å². The van der Waals surface area contributed by atoms with E-state index in [2.05, 4.69) is 48.5 Å². The molecule has 2 unspecified atom stereocenters. The largest absolute Gasteiger partial charge is 0.294 e. The van der Waals surface area contributed by atoms with E-state index in [-0.39, 0.29) is 5.41 Å². The SMILES string of the molecule is O=C1CCC2(CC3=CCC2C3)c2ccc(-c3ccccc3)cc21. The molecule has 114 valence electrons. The van der Waals surface area contributed by atoms with Gasteiger partial charge in [0.1, 0.15) is 0 Å². The van der Waals surface area contributed by atoms with Crippen molar-refractivity contribution in [1.29, 1.82) is 0 Å². The van der Waals surface area contributed by atoms with Gasteiger partial charge < -0.3 is 0 Å². The maximum absolute atomic E-state index is 12.6.